The molecule has 0 aromatic carbocycles. The van der Waals surface area contributed by atoms with E-state index in [1.165, 1.54) is 24.5 Å². The Morgan fingerprint density at radius 2 is 2.25 bits per heavy atom. The van der Waals surface area contributed by atoms with Crippen LogP contribution in [0.15, 0.2) is 48.3 Å². The van der Waals surface area contributed by atoms with Gasteiger partial charge in [-0.15, -0.1) is 6.58 Å². The molecule has 0 bridgehead atoms. The van der Waals surface area contributed by atoms with Crippen LogP contribution in [0.4, 0.5) is 5.82 Å². The molecule has 0 saturated carbocycles. The Morgan fingerprint density at radius 3 is 2.90 bits per heavy atom. The summed E-state index contributed by atoms with van der Waals surface area (Å²) in [6.07, 6.45) is 4.07. The van der Waals surface area contributed by atoms with Crippen LogP contribution in [0.2, 0.25) is 0 Å². The van der Waals surface area contributed by atoms with E-state index in [1.807, 2.05) is 0 Å². The molecule has 0 atom stereocenters. The maximum atomic E-state index is 12.2. The molecule has 2 aromatic heterocycles. The van der Waals surface area contributed by atoms with E-state index in [-0.39, 0.29) is 28.6 Å². The van der Waals surface area contributed by atoms with Gasteiger partial charge in [0.05, 0.1) is 11.8 Å². The number of ketones is 1. The number of hydrogen-bond donors (Lipinski definition) is 2. The van der Waals surface area contributed by atoms with Crippen molar-refractivity contribution in [2.75, 3.05) is 4.72 Å². The quantitative estimate of drug-likeness (QED) is 0.618. The lowest BCUT2D eigenvalue weighted by Crippen LogP contribution is -2.17. The van der Waals surface area contributed by atoms with Gasteiger partial charge in [-0.25, -0.2) is 4.98 Å². The second kappa shape index (κ2) is 5.66. The van der Waals surface area contributed by atoms with Crippen LogP contribution in [0.25, 0.3) is 0 Å². The normalized spacial score (nSPS) is 11.0. The van der Waals surface area contributed by atoms with E-state index in [0.717, 1.165) is 0 Å². The van der Waals surface area contributed by atoms with Crippen molar-refractivity contribution in [3.63, 3.8) is 0 Å². The molecule has 2 heterocycles. The van der Waals surface area contributed by atoms with Crippen molar-refractivity contribution in [2.24, 2.45) is 0 Å². The van der Waals surface area contributed by atoms with Crippen LogP contribution < -0.4 is 4.72 Å². The fourth-order valence-electron chi connectivity index (χ4n) is 1.53. The predicted molar refractivity (Wildman–Crippen MR) is 72.8 cm³/mol. The highest BCUT2D eigenvalue weighted by atomic mass is 32.2. The lowest BCUT2D eigenvalue weighted by molar-refractivity contribution is 0.0993. The van der Waals surface area contributed by atoms with Gasteiger partial charge in [-0.2, -0.15) is 13.5 Å². The van der Waals surface area contributed by atoms with Crippen molar-refractivity contribution in [1.29, 1.82) is 0 Å². The van der Waals surface area contributed by atoms with E-state index in [0.29, 0.717) is 0 Å². The third-order valence-electron chi connectivity index (χ3n) is 2.41. The highest BCUT2D eigenvalue weighted by Gasteiger charge is 2.24. The van der Waals surface area contributed by atoms with Crippen molar-refractivity contribution in [3.8, 4) is 0 Å². The maximum Gasteiger partial charge on any atom is 0.280 e. The molecule has 0 spiro atoms. The summed E-state index contributed by atoms with van der Waals surface area (Å²) in [5.74, 6) is -0.223. The van der Waals surface area contributed by atoms with Gasteiger partial charge >= 0.3 is 0 Å². The Kier molecular flexibility index (Phi) is 3.94. The summed E-state index contributed by atoms with van der Waals surface area (Å²) < 4.78 is 26.7. The zero-order valence-corrected chi connectivity index (χ0v) is 11.2. The number of rotatable bonds is 6. The van der Waals surface area contributed by atoms with E-state index in [2.05, 4.69) is 26.5 Å². The standard InChI is InChI=1S/C12H12N4O3S/c1-2-5-10(17)9-8-14-15-12(9)20(18,19)16-11-6-3-4-7-13-11/h2-4,6-8H,1,5H2,(H,13,16)(H,14,15). The van der Waals surface area contributed by atoms with Crippen molar-refractivity contribution in [3.05, 3.63) is 48.8 Å². The van der Waals surface area contributed by atoms with E-state index in [9.17, 15) is 13.2 Å². The number of H-pyrrole nitrogens is 1. The molecule has 20 heavy (non-hydrogen) atoms. The summed E-state index contributed by atoms with van der Waals surface area (Å²) in [7, 11) is -3.95. The fourth-order valence-corrected chi connectivity index (χ4v) is 2.66. The minimum Gasteiger partial charge on any atom is -0.294 e. The smallest absolute Gasteiger partial charge is 0.280 e. The summed E-state index contributed by atoms with van der Waals surface area (Å²) >= 11 is 0. The second-order valence-electron chi connectivity index (χ2n) is 3.85. The van der Waals surface area contributed by atoms with Crippen molar-refractivity contribution in [2.45, 2.75) is 11.4 Å². The molecule has 0 fully saturated rings. The summed E-state index contributed by atoms with van der Waals surface area (Å²) in [5.41, 5.74) is -0.00617. The number of allylic oxidation sites excluding steroid dienone is 1. The number of anilines is 1. The molecule has 0 unspecified atom stereocenters. The summed E-state index contributed by atoms with van der Waals surface area (Å²) in [5, 5.41) is 5.65. The number of carbonyl (C=O) groups is 1. The highest BCUT2D eigenvalue weighted by molar-refractivity contribution is 7.92. The van der Waals surface area contributed by atoms with Gasteiger partial charge in [0.25, 0.3) is 10.0 Å². The largest absolute Gasteiger partial charge is 0.294 e. The zero-order chi connectivity index (χ0) is 14.6. The van der Waals surface area contributed by atoms with Crippen LogP contribution >= 0.6 is 0 Å². The molecule has 0 amide bonds. The van der Waals surface area contributed by atoms with Crippen molar-refractivity contribution >= 4 is 21.6 Å². The summed E-state index contributed by atoms with van der Waals surface area (Å²) in [6, 6.07) is 4.80. The highest BCUT2D eigenvalue weighted by Crippen LogP contribution is 2.17. The van der Waals surface area contributed by atoms with Gasteiger partial charge in [0, 0.05) is 12.6 Å². The van der Waals surface area contributed by atoms with Crippen LogP contribution in [0.1, 0.15) is 16.8 Å². The predicted octanol–water partition coefficient (Wildman–Crippen LogP) is 1.36. The van der Waals surface area contributed by atoms with Gasteiger partial charge < -0.3 is 0 Å². The third kappa shape index (κ3) is 2.91. The summed E-state index contributed by atoms with van der Waals surface area (Å²) in [6.45, 7) is 3.44. The van der Waals surface area contributed by atoms with Crippen LogP contribution in [0.3, 0.4) is 0 Å². The first-order valence-electron chi connectivity index (χ1n) is 5.66. The maximum absolute atomic E-state index is 12.2. The lowest BCUT2D eigenvalue weighted by atomic mass is 10.2. The van der Waals surface area contributed by atoms with Crippen LogP contribution in [0.5, 0.6) is 0 Å². The van der Waals surface area contributed by atoms with Crippen LogP contribution in [-0.2, 0) is 10.0 Å². The average molecular weight is 292 g/mol. The molecule has 0 aliphatic rings. The molecule has 8 heteroatoms. The Balaban J connectivity index is 2.33. The average Bonchev–Trinajstić information content (AvgIpc) is 2.90. The second-order valence-corrected chi connectivity index (χ2v) is 5.47. The molecule has 0 radical (unpaired) electrons. The molecule has 2 aromatic rings. The van der Waals surface area contributed by atoms with Gasteiger partial charge in [0.2, 0.25) is 0 Å². The monoisotopic (exact) mass is 292 g/mol. The molecule has 104 valence electrons. The third-order valence-corrected chi connectivity index (χ3v) is 3.73. The van der Waals surface area contributed by atoms with Gasteiger partial charge in [0.15, 0.2) is 10.8 Å². The fraction of sp³-hybridized carbons (Fsp3) is 0.0833. The Morgan fingerprint density at radius 1 is 1.45 bits per heavy atom. The van der Waals surface area contributed by atoms with Gasteiger partial charge in [-0.1, -0.05) is 12.1 Å². The Hall–Kier alpha value is -2.48. The molecule has 2 rings (SSSR count). The minimum absolute atomic E-state index is 0.00617. The number of hydrogen-bond acceptors (Lipinski definition) is 5. The number of aromatic amines is 1. The van der Waals surface area contributed by atoms with E-state index in [1.54, 1.807) is 12.1 Å². The molecule has 0 saturated heterocycles. The van der Waals surface area contributed by atoms with E-state index in [4.69, 9.17) is 0 Å². The van der Waals surface area contributed by atoms with Crippen LogP contribution in [-0.4, -0.2) is 29.4 Å². The first-order valence-corrected chi connectivity index (χ1v) is 7.14. The lowest BCUT2D eigenvalue weighted by Gasteiger charge is -2.06. The molecule has 7 nitrogen and oxygen atoms in total. The molecular weight excluding hydrogens is 280 g/mol. The van der Waals surface area contributed by atoms with Crippen molar-refractivity contribution < 1.29 is 13.2 Å². The SMILES string of the molecule is C=CCC(=O)c1cn[nH]c1S(=O)(=O)Nc1ccccn1. The van der Waals surface area contributed by atoms with Crippen LogP contribution in [0, 0.1) is 0 Å². The number of carbonyl (C=O) groups excluding carboxylic acids is 1. The number of Topliss-reactive ketones (excluding diaryl/α,β-unsaturated/α-hetero) is 1. The number of aromatic nitrogens is 3. The Bertz CT molecular complexity index is 722. The minimum atomic E-state index is -3.95. The van der Waals surface area contributed by atoms with Gasteiger partial charge in [-0.3, -0.25) is 14.6 Å². The molecule has 0 aliphatic heterocycles. The van der Waals surface area contributed by atoms with E-state index >= 15 is 0 Å². The van der Waals surface area contributed by atoms with Gasteiger partial charge in [-0.05, 0) is 12.1 Å². The summed E-state index contributed by atoms with van der Waals surface area (Å²) in [4.78, 5) is 15.6. The van der Waals surface area contributed by atoms with Gasteiger partial charge in [0.1, 0.15) is 5.82 Å². The molecule has 0 aliphatic carbocycles. The Labute approximate surface area is 115 Å². The topological polar surface area (TPSA) is 105 Å². The first kappa shape index (κ1) is 13.9. The number of nitrogens with zero attached hydrogens (tertiary/aromatic N) is 2. The number of sulfonamides is 1. The number of nitrogens with one attached hydrogen (secondary N) is 2. The first-order chi connectivity index (χ1) is 9.54. The van der Waals surface area contributed by atoms with E-state index < -0.39 is 10.0 Å². The number of pyridine rings is 1. The molecular formula is C12H12N4O3S. The van der Waals surface area contributed by atoms with Crippen molar-refractivity contribution in [1.82, 2.24) is 15.2 Å². The zero-order valence-electron chi connectivity index (χ0n) is 10.4. The molecule has 2 N–H and O–H groups in total.